The van der Waals surface area contributed by atoms with Crippen molar-refractivity contribution >= 4 is 0 Å². The number of hydrogen-bond acceptors (Lipinski definition) is 4. The minimum atomic E-state index is 0.345. The number of imidazole rings is 1. The van der Waals surface area contributed by atoms with Crippen molar-refractivity contribution in [3.05, 3.63) is 47.8 Å². The van der Waals surface area contributed by atoms with Crippen LogP contribution in [0, 0.1) is 12.8 Å². The second-order valence-electron chi connectivity index (χ2n) is 7.58. The molecular formula is C20H28N4O. The largest absolute Gasteiger partial charge is 0.373 e. The third kappa shape index (κ3) is 4.10. The number of aromatic nitrogens is 3. The maximum atomic E-state index is 6.02. The second-order valence-corrected chi connectivity index (χ2v) is 7.58. The highest BCUT2D eigenvalue weighted by molar-refractivity contribution is 5.09. The summed E-state index contributed by atoms with van der Waals surface area (Å²) in [4.78, 5) is 11.5. The quantitative estimate of drug-likeness (QED) is 0.809. The number of fused-ring (bicyclic) bond motifs is 1. The second kappa shape index (κ2) is 7.67. The van der Waals surface area contributed by atoms with Crippen LogP contribution in [0.4, 0.5) is 0 Å². The van der Waals surface area contributed by atoms with Gasteiger partial charge < -0.3 is 9.30 Å². The fourth-order valence-corrected chi connectivity index (χ4v) is 4.27. The topological polar surface area (TPSA) is 43.2 Å². The van der Waals surface area contributed by atoms with Crippen molar-refractivity contribution in [2.24, 2.45) is 5.92 Å². The van der Waals surface area contributed by atoms with Crippen LogP contribution in [0.3, 0.4) is 0 Å². The fourth-order valence-electron chi connectivity index (χ4n) is 4.27. The Hall–Kier alpha value is -1.72. The number of aryl methyl sites for hydroxylation is 1. The van der Waals surface area contributed by atoms with Crippen LogP contribution in [0.5, 0.6) is 0 Å². The Kier molecular flexibility index (Phi) is 5.13. The van der Waals surface area contributed by atoms with Gasteiger partial charge in [-0.3, -0.25) is 9.88 Å². The predicted octanol–water partition coefficient (Wildman–Crippen LogP) is 3.35. The third-order valence-corrected chi connectivity index (χ3v) is 5.49. The molecule has 1 saturated carbocycles. The molecule has 0 bridgehead atoms. The van der Waals surface area contributed by atoms with Gasteiger partial charge in [0, 0.05) is 31.5 Å². The molecule has 0 aromatic carbocycles. The van der Waals surface area contributed by atoms with Gasteiger partial charge in [0.2, 0.25) is 0 Å². The van der Waals surface area contributed by atoms with Crippen molar-refractivity contribution < 1.29 is 4.74 Å². The van der Waals surface area contributed by atoms with Crippen LogP contribution in [0.25, 0.3) is 0 Å². The van der Waals surface area contributed by atoms with Crippen molar-refractivity contribution in [1.29, 1.82) is 0 Å². The molecule has 2 aliphatic rings. The van der Waals surface area contributed by atoms with Gasteiger partial charge >= 0.3 is 0 Å². The van der Waals surface area contributed by atoms with E-state index in [0.717, 1.165) is 30.4 Å². The minimum Gasteiger partial charge on any atom is -0.373 e. The van der Waals surface area contributed by atoms with E-state index in [0.29, 0.717) is 19.3 Å². The lowest BCUT2D eigenvalue weighted by atomic mass is 10.1. The molecule has 1 fully saturated rings. The van der Waals surface area contributed by atoms with Crippen molar-refractivity contribution in [2.75, 3.05) is 19.7 Å². The van der Waals surface area contributed by atoms with Crippen LogP contribution in [-0.4, -0.2) is 39.1 Å². The van der Waals surface area contributed by atoms with Gasteiger partial charge in [-0.1, -0.05) is 18.9 Å². The predicted molar refractivity (Wildman–Crippen MR) is 97.1 cm³/mol. The molecule has 1 atom stereocenters. The van der Waals surface area contributed by atoms with Crippen molar-refractivity contribution in [3.8, 4) is 0 Å². The summed E-state index contributed by atoms with van der Waals surface area (Å²) in [5.41, 5.74) is 3.36. The van der Waals surface area contributed by atoms with E-state index in [9.17, 15) is 0 Å². The molecule has 0 spiro atoms. The average molecular weight is 340 g/mol. The average Bonchev–Trinajstić information content (AvgIpc) is 3.26. The van der Waals surface area contributed by atoms with E-state index in [4.69, 9.17) is 4.74 Å². The molecular weight excluding hydrogens is 312 g/mol. The fraction of sp³-hybridized carbons (Fsp3) is 0.600. The molecule has 0 N–H and O–H groups in total. The van der Waals surface area contributed by atoms with Gasteiger partial charge in [0.05, 0.1) is 37.0 Å². The summed E-state index contributed by atoms with van der Waals surface area (Å²) in [5, 5.41) is 0. The van der Waals surface area contributed by atoms with E-state index in [-0.39, 0.29) is 0 Å². The molecule has 0 radical (unpaired) electrons. The van der Waals surface area contributed by atoms with E-state index in [1.807, 2.05) is 37.6 Å². The monoisotopic (exact) mass is 340 g/mol. The first kappa shape index (κ1) is 16.7. The van der Waals surface area contributed by atoms with E-state index in [1.54, 1.807) is 0 Å². The van der Waals surface area contributed by atoms with Crippen molar-refractivity contribution in [2.45, 2.75) is 51.8 Å². The molecule has 3 heterocycles. The first-order chi connectivity index (χ1) is 12.3. The Bertz CT molecular complexity index is 693. The lowest BCUT2D eigenvalue weighted by Crippen LogP contribution is -2.40. The highest BCUT2D eigenvalue weighted by Crippen LogP contribution is 2.28. The van der Waals surface area contributed by atoms with Crippen LogP contribution in [0.1, 0.15) is 48.8 Å². The molecule has 1 aliphatic heterocycles. The number of pyridine rings is 1. The number of ether oxygens (including phenoxy) is 1. The molecule has 0 unspecified atom stereocenters. The Labute approximate surface area is 150 Å². The summed E-state index contributed by atoms with van der Waals surface area (Å²) in [7, 11) is 0. The van der Waals surface area contributed by atoms with Gasteiger partial charge in [0.25, 0.3) is 0 Å². The lowest BCUT2D eigenvalue weighted by Gasteiger charge is -2.35. The summed E-state index contributed by atoms with van der Waals surface area (Å²) in [6, 6.07) is 6.43. The molecule has 2 aromatic rings. The van der Waals surface area contributed by atoms with E-state index in [2.05, 4.69) is 19.4 Å². The smallest absolute Gasteiger partial charge is 0.0952 e. The van der Waals surface area contributed by atoms with Crippen molar-refractivity contribution in [3.63, 3.8) is 0 Å². The molecule has 4 rings (SSSR count). The minimum absolute atomic E-state index is 0.345. The van der Waals surface area contributed by atoms with Gasteiger partial charge in [-0.15, -0.1) is 0 Å². The summed E-state index contributed by atoms with van der Waals surface area (Å²) in [6.07, 6.45) is 9.59. The van der Waals surface area contributed by atoms with E-state index >= 15 is 0 Å². The Morgan fingerprint density at radius 3 is 2.96 bits per heavy atom. The normalized spacial score (nSPS) is 21.6. The zero-order valence-electron chi connectivity index (χ0n) is 15.1. The SMILES string of the molecule is Cc1cccc(COC[C@H]2CN(CC3CCCC3)Cc3cncn32)n1. The highest BCUT2D eigenvalue weighted by Gasteiger charge is 2.27. The zero-order chi connectivity index (χ0) is 17.1. The van der Waals surface area contributed by atoms with E-state index < -0.39 is 0 Å². The van der Waals surface area contributed by atoms with E-state index in [1.165, 1.54) is 37.9 Å². The molecule has 134 valence electrons. The van der Waals surface area contributed by atoms with Gasteiger partial charge in [0.15, 0.2) is 0 Å². The Balaban J connectivity index is 1.36. The van der Waals surface area contributed by atoms with Crippen LogP contribution in [0.15, 0.2) is 30.7 Å². The molecule has 25 heavy (non-hydrogen) atoms. The molecule has 0 saturated heterocycles. The van der Waals surface area contributed by atoms with Gasteiger partial charge in [0.1, 0.15) is 0 Å². The molecule has 2 aromatic heterocycles. The summed E-state index contributed by atoms with van der Waals surface area (Å²) in [6.45, 7) is 6.60. The van der Waals surface area contributed by atoms with Gasteiger partial charge in [-0.2, -0.15) is 0 Å². The highest BCUT2D eigenvalue weighted by atomic mass is 16.5. The zero-order valence-corrected chi connectivity index (χ0v) is 15.1. The molecule has 5 heteroatoms. The first-order valence-electron chi connectivity index (χ1n) is 9.51. The number of hydrogen-bond donors (Lipinski definition) is 0. The number of rotatable bonds is 6. The maximum Gasteiger partial charge on any atom is 0.0952 e. The summed E-state index contributed by atoms with van der Waals surface area (Å²) in [5.74, 6) is 0.882. The standard InChI is InChI=1S/C20H28N4O/c1-16-5-4-8-18(22-16)13-25-14-20-12-23(10-17-6-2-3-7-17)11-19-9-21-15-24(19)20/h4-5,8-9,15,17,20H,2-3,6-7,10-14H2,1H3/t20-/m1/s1. The van der Waals surface area contributed by atoms with Gasteiger partial charge in [-0.05, 0) is 37.8 Å². The van der Waals surface area contributed by atoms with Crippen LogP contribution in [-0.2, 0) is 17.9 Å². The van der Waals surface area contributed by atoms with Crippen LogP contribution in [0.2, 0.25) is 0 Å². The van der Waals surface area contributed by atoms with Crippen LogP contribution >= 0.6 is 0 Å². The summed E-state index contributed by atoms with van der Waals surface area (Å²) < 4.78 is 8.32. The lowest BCUT2D eigenvalue weighted by molar-refractivity contribution is 0.0552. The van der Waals surface area contributed by atoms with Gasteiger partial charge in [-0.25, -0.2) is 4.98 Å². The maximum absolute atomic E-state index is 6.02. The first-order valence-corrected chi connectivity index (χ1v) is 9.51. The molecule has 1 aliphatic carbocycles. The molecule has 0 amide bonds. The van der Waals surface area contributed by atoms with Crippen LogP contribution < -0.4 is 0 Å². The van der Waals surface area contributed by atoms with Crippen molar-refractivity contribution in [1.82, 2.24) is 19.4 Å². The Morgan fingerprint density at radius 2 is 2.12 bits per heavy atom. The number of nitrogens with zero attached hydrogens (tertiary/aromatic N) is 4. The Morgan fingerprint density at radius 1 is 1.24 bits per heavy atom. The molecule has 5 nitrogen and oxygen atoms in total. The summed E-state index contributed by atoms with van der Waals surface area (Å²) >= 11 is 0. The third-order valence-electron chi connectivity index (χ3n) is 5.49.